The Balaban J connectivity index is 1.66. The summed E-state index contributed by atoms with van der Waals surface area (Å²) in [6, 6.07) is 16.4. The van der Waals surface area contributed by atoms with Gasteiger partial charge in [-0.25, -0.2) is 18.8 Å². The maximum atomic E-state index is 12.5. The smallest absolute Gasteiger partial charge is 0.357 e. The summed E-state index contributed by atoms with van der Waals surface area (Å²) >= 11 is 0. The van der Waals surface area contributed by atoms with Crippen molar-refractivity contribution in [1.82, 2.24) is 14.3 Å². The lowest BCUT2D eigenvalue weighted by Crippen LogP contribution is -2.35. The summed E-state index contributed by atoms with van der Waals surface area (Å²) in [5, 5.41) is 7.97. The van der Waals surface area contributed by atoms with Gasteiger partial charge in [0.15, 0.2) is 0 Å². The second kappa shape index (κ2) is 10.6. The number of ether oxygens (including phenoxy) is 3. The first kappa shape index (κ1) is 23.7. The number of benzene rings is 2. The lowest BCUT2D eigenvalue weighted by atomic mass is 9.96. The van der Waals surface area contributed by atoms with Gasteiger partial charge in [-0.1, -0.05) is 53.7 Å². The number of carbonyl (C=O) groups is 1. The van der Waals surface area contributed by atoms with Crippen LogP contribution in [0.4, 0.5) is 0 Å². The van der Waals surface area contributed by atoms with Gasteiger partial charge in [-0.05, 0) is 13.0 Å². The number of para-hydroxylation sites is 1. The summed E-state index contributed by atoms with van der Waals surface area (Å²) in [5.41, 5.74) is 0.237. The van der Waals surface area contributed by atoms with Crippen LogP contribution in [0.1, 0.15) is 18.1 Å². The molecule has 0 N–H and O–H groups in total. The van der Waals surface area contributed by atoms with E-state index in [1.807, 2.05) is 24.3 Å². The lowest BCUT2D eigenvalue weighted by molar-refractivity contribution is -0.169. The van der Waals surface area contributed by atoms with E-state index in [1.54, 1.807) is 44.3 Å². The van der Waals surface area contributed by atoms with E-state index >= 15 is 0 Å². The Hall–Kier alpha value is -3.92. The Morgan fingerprint density at radius 1 is 1.12 bits per heavy atom. The fraction of sp³-hybridized carbons (Fsp3) is 0.304. The van der Waals surface area contributed by atoms with E-state index < -0.39 is 11.6 Å². The van der Waals surface area contributed by atoms with E-state index in [2.05, 4.69) is 10.3 Å². The number of oxime groups is 1. The minimum Gasteiger partial charge on any atom is -0.467 e. The summed E-state index contributed by atoms with van der Waals surface area (Å²) in [7, 11) is 4.29. The van der Waals surface area contributed by atoms with Crippen LogP contribution < -0.4 is 10.4 Å². The van der Waals surface area contributed by atoms with Gasteiger partial charge in [0.25, 0.3) is 5.60 Å². The highest BCUT2D eigenvalue weighted by Crippen LogP contribution is 2.27. The highest BCUT2D eigenvalue weighted by atomic mass is 16.7. The molecule has 2 aromatic carbocycles. The van der Waals surface area contributed by atoms with Crippen molar-refractivity contribution in [3.05, 3.63) is 76.2 Å². The van der Waals surface area contributed by atoms with Crippen molar-refractivity contribution >= 4 is 12.2 Å². The van der Waals surface area contributed by atoms with Gasteiger partial charge in [0, 0.05) is 18.2 Å². The molecule has 0 bridgehead atoms. The van der Waals surface area contributed by atoms with Crippen LogP contribution in [0.3, 0.4) is 0 Å². The first-order chi connectivity index (χ1) is 15.9. The van der Waals surface area contributed by atoms with Crippen LogP contribution in [0, 0.1) is 0 Å². The monoisotopic (exact) mass is 454 g/mol. The molecule has 0 spiro atoms. The summed E-state index contributed by atoms with van der Waals surface area (Å²) in [6.07, 6.45) is 1.41. The van der Waals surface area contributed by atoms with E-state index in [0.29, 0.717) is 11.3 Å². The van der Waals surface area contributed by atoms with Crippen LogP contribution in [0.5, 0.6) is 6.01 Å². The molecule has 0 amide bonds. The molecule has 10 heteroatoms. The predicted molar refractivity (Wildman–Crippen MR) is 120 cm³/mol. The molecule has 1 aromatic heterocycles. The number of hydrogen-bond acceptors (Lipinski definition) is 8. The maximum absolute atomic E-state index is 12.5. The predicted octanol–water partition coefficient (Wildman–Crippen LogP) is 2.19. The normalized spacial score (nSPS) is 13.0. The molecule has 33 heavy (non-hydrogen) atoms. The fourth-order valence-electron chi connectivity index (χ4n) is 3.19. The number of esters is 1. The van der Waals surface area contributed by atoms with Gasteiger partial charge in [0.1, 0.15) is 0 Å². The second-order valence-electron chi connectivity index (χ2n) is 7.14. The molecule has 0 saturated heterocycles. The minimum absolute atomic E-state index is 0.111. The number of hydrogen-bond donors (Lipinski definition) is 0. The van der Waals surface area contributed by atoms with E-state index in [9.17, 15) is 9.59 Å². The minimum atomic E-state index is -1.39. The Labute approximate surface area is 190 Å². The van der Waals surface area contributed by atoms with Crippen LogP contribution >= 0.6 is 0 Å². The van der Waals surface area contributed by atoms with Crippen molar-refractivity contribution in [3.63, 3.8) is 0 Å². The maximum Gasteiger partial charge on any atom is 0.357 e. The molecule has 1 atom stereocenters. The largest absolute Gasteiger partial charge is 0.467 e. The van der Waals surface area contributed by atoms with Gasteiger partial charge >= 0.3 is 17.7 Å². The molecular weight excluding hydrogens is 428 g/mol. The summed E-state index contributed by atoms with van der Waals surface area (Å²) in [5.74, 6) is -0.573. The standard InChI is InChI=1S/C23H26N4O6/c1-23(20(28)30-3,18-11-6-5-7-12-18)33-24-14-15-32-16-17-10-8-9-13-19(17)27-21(31-4)25-26(2)22(27)29/h5-14H,15-16H2,1-4H3/b24-14-. The van der Waals surface area contributed by atoms with Crippen LogP contribution in [0.2, 0.25) is 0 Å². The van der Waals surface area contributed by atoms with Crippen molar-refractivity contribution in [2.75, 3.05) is 20.8 Å². The summed E-state index contributed by atoms with van der Waals surface area (Å²) in [4.78, 5) is 30.3. The average Bonchev–Trinajstić information content (AvgIpc) is 3.14. The zero-order chi connectivity index (χ0) is 23.8. The number of aryl methyl sites for hydroxylation is 1. The third-order valence-corrected chi connectivity index (χ3v) is 4.97. The first-order valence-electron chi connectivity index (χ1n) is 10.1. The van der Waals surface area contributed by atoms with Crippen LogP contribution in [0.25, 0.3) is 5.69 Å². The lowest BCUT2D eigenvalue weighted by Gasteiger charge is -2.24. The number of aromatic nitrogens is 3. The van der Waals surface area contributed by atoms with Crippen LogP contribution in [-0.2, 0) is 38.4 Å². The Morgan fingerprint density at radius 2 is 1.82 bits per heavy atom. The Morgan fingerprint density at radius 3 is 2.52 bits per heavy atom. The molecule has 0 radical (unpaired) electrons. The Kier molecular flexibility index (Phi) is 7.62. The summed E-state index contributed by atoms with van der Waals surface area (Å²) in [6.45, 7) is 1.89. The zero-order valence-electron chi connectivity index (χ0n) is 18.9. The Bertz CT molecular complexity index is 1170. The van der Waals surface area contributed by atoms with Crippen molar-refractivity contribution in [2.45, 2.75) is 19.1 Å². The number of rotatable bonds is 10. The molecular formula is C23H26N4O6. The molecule has 0 saturated carbocycles. The third-order valence-electron chi connectivity index (χ3n) is 4.97. The SMILES string of the molecule is COC(=O)C(C)(O/N=C\COCc1ccccc1-n1c(OC)nn(C)c1=O)c1ccccc1. The number of methoxy groups -OCH3 is 2. The van der Waals surface area contributed by atoms with E-state index in [4.69, 9.17) is 19.0 Å². The molecule has 3 rings (SSSR count). The van der Waals surface area contributed by atoms with Crippen molar-refractivity contribution in [1.29, 1.82) is 0 Å². The van der Waals surface area contributed by atoms with Gasteiger partial charge in [0.05, 0.1) is 39.3 Å². The zero-order valence-corrected chi connectivity index (χ0v) is 18.9. The van der Waals surface area contributed by atoms with Crippen molar-refractivity contribution in [3.8, 4) is 11.7 Å². The number of nitrogens with zero attached hydrogens (tertiary/aromatic N) is 4. The summed E-state index contributed by atoms with van der Waals surface area (Å²) < 4.78 is 18.4. The van der Waals surface area contributed by atoms with E-state index in [1.165, 1.54) is 29.7 Å². The molecule has 0 aliphatic carbocycles. The van der Waals surface area contributed by atoms with Gasteiger partial charge in [0.2, 0.25) is 0 Å². The molecule has 1 unspecified atom stereocenters. The molecule has 0 aliphatic rings. The quantitative estimate of drug-likeness (QED) is 0.200. The van der Waals surface area contributed by atoms with Crippen LogP contribution in [-0.4, -0.2) is 47.4 Å². The third kappa shape index (κ3) is 5.12. The average molecular weight is 454 g/mol. The fourth-order valence-corrected chi connectivity index (χ4v) is 3.19. The molecule has 10 nitrogen and oxygen atoms in total. The highest BCUT2D eigenvalue weighted by Gasteiger charge is 2.39. The van der Waals surface area contributed by atoms with Crippen molar-refractivity contribution < 1.29 is 23.8 Å². The molecule has 3 aromatic rings. The van der Waals surface area contributed by atoms with Gasteiger partial charge < -0.3 is 19.0 Å². The number of carbonyl (C=O) groups excluding carboxylic acids is 1. The second-order valence-corrected chi connectivity index (χ2v) is 7.14. The van der Waals surface area contributed by atoms with Crippen molar-refractivity contribution in [2.24, 2.45) is 12.2 Å². The first-order valence-corrected chi connectivity index (χ1v) is 10.1. The topological polar surface area (TPSA) is 106 Å². The highest BCUT2D eigenvalue weighted by molar-refractivity contribution is 5.80. The van der Waals surface area contributed by atoms with E-state index in [0.717, 1.165) is 5.56 Å². The molecule has 0 fully saturated rings. The van der Waals surface area contributed by atoms with Gasteiger partial charge in [-0.2, -0.15) is 0 Å². The van der Waals surface area contributed by atoms with E-state index in [-0.39, 0.29) is 24.9 Å². The van der Waals surface area contributed by atoms with Gasteiger partial charge in [-0.15, -0.1) is 5.10 Å². The molecule has 0 aliphatic heterocycles. The van der Waals surface area contributed by atoms with Gasteiger partial charge in [-0.3, -0.25) is 0 Å². The van der Waals surface area contributed by atoms with Crippen LogP contribution in [0.15, 0.2) is 64.5 Å². The molecule has 1 heterocycles. The molecule has 174 valence electrons.